The molecule has 0 fully saturated rings. The zero-order chi connectivity index (χ0) is 15.2. The number of nitrogens with zero attached hydrogens (tertiary/aromatic N) is 1. The summed E-state index contributed by atoms with van der Waals surface area (Å²) in [5.74, 6) is 0.968. The Kier molecular flexibility index (Phi) is 5.59. The first-order valence-corrected chi connectivity index (χ1v) is 7.99. The number of carbonyl (C=O) groups excluding carboxylic acids is 1. The summed E-state index contributed by atoms with van der Waals surface area (Å²) in [5, 5.41) is 4.10. The van der Waals surface area contributed by atoms with Gasteiger partial charge in [0, 0.05) is 19.7 Å². The second-order valence-electron chi connectivity index (χ2n) is 5.02. The zero-order valence-electron chi connectivity index (χ0n) is 12.7. The van der Waals surface area contributed by atoms with Crippen LogP contribution in [0, 0.1) is 0 Å². The van der Waals surface area contributed by atoms with E-state index in [1.807, 2.05) is 16.3 Å². The molecular formula is C16H21NO3S. The fourth-order valence-electron chi connectivity index (χ4n) is 2.08. The molecular weight excluding hydrogens is 286 g/mol. The molecule has 0 aliphatic rings. The third-order valence-electron chi connectivity index (χ3n) is 3.48. The molecule has 5 heteroatoms. The fraction of sp³-hybridized carbons (Fsp3) is 0.438. The molecule has 4 nitrogen and oxygen atoms in total. The second kappa shape index (κ2) is 7.43. The Hall–Kier alpha value is -1.59. The van der Waals surface area contributed by atoms with Crippen LogP contribution in [0.5, 0.6) is 0 Å². The molecule has 2 aromatic heterocycles. The predicted molar refractivity (Wildman–Crippen MR) is 83.4 cm³/mol. The van der Waals surface area contributed by atoms with Crippen molar-refractivity contribution >= 4 is 17.2 Å². The minimum absolute atomic E-state index is 0.0714. The molecule has 0 aliphatic heterocycles. The van der Waals surface area contributed by atoms with Gasteiger partial charge < -0.3 is 14.1 Å². The van der Waals surface area contributed by atoms with E-state index in [9.17, 15) is 4.79 Å². The van der Waals surface area contributed by atoms with Gasteiger partial charge in [-0.2, -0.15) is 11.3 Å². The van der Waals surface area contributed by atoms with Crippen LogP contribution >= 0.6 is 11.3 Å². The molecule has 0 bridgehead atoms. The largest absolute Gasteiger partial charge is 0.453 e. The van der Waals surface area contributed by atoms with Crippen LogP contribution in [0.15, 0.2) is 33.4 Å². The molecule has 2 heterocycles. The SMILES string of the molecule is CC[C@H](C)N(Cc1ccsc1)C(=O)c1ccc(COC)o1. The van der Waals surface area contributed by atoms with E-state index in [0.29, 0.717) is 24.7 Å². The maximum atomic E-state index is 12.7. The molecule has 2 aromatic rings. The van der Waals surface area contributed by atoms with E-state index in [4.69, 9.17) is 9.15 Å². The molecule has 0 spiro atoms. The molecule has 0 aromatic carbocycles. The summed E-state index contributed by atoms with van der Waals surface area (Å²) in [4.78, 5) is 14.5. The molecule has 1 amide bonds. The van der Waals surface area contributed by atoms with Gasteiger partial charge in [0.25, 0.3) is 5.91 Å². The first-order chi connectivity index (χ1) is 10.2. The van der Waals surface area contributed by atoms with E-state index >= 15 is 0 Å². The van der Waals surface area contributed by atoms with Crippen LogP contribution in [-0.4, -0.2) is 24.0 Å². The summed E-state index contributed by atoms with van der Waals surface area (Å²) < 4.78 is 10.6. The van der Waals surface area contributed by atoms with Crippen molar-refractivity contribution in [3.8, 4) is 0 Å². The monoisotopic (exact) mass is 307 g/mol. The van der Waals surface area contributed by atoms with Crippen LogP contribution < -0.4 is 0 Å². The highest BCUT2D eigenvalue weighted by Crippen LogP contribution is 2.18. The van der Waals surface area contributed by atoms with Crippen molar-refractivity contribution in [2.45, 2.75) is 39.5 Å². The normalized spacial score (nSPS) is 12.3. The minimum atomic E-state index is -0.0714. The molecule has 114 valence electrons. The van der Waals surface area contributed by atoms with Crippen molar-refractivity contribution in [2.24, 2.45) is 0 Å². The van der Waals surface area contributed by atoms with Gasteiger partial charge in [-0.1, -0.05) is 6.92 Å². The number of rotatable bonds is 7. The lowest BCUT2D eigenvalue weighted by atomic mass is 10.2. The van der Waals surface area contributed by atoms with Crippen molar-refractivity contribution in [1.82, 2.24) is 4.90 Å². The van der Waals surface area contributed by atoms with Crippen molar-refractivity contribution in [3.05, 3.63) is 46.0 Å². The van der Waals surface area contributed by atoms with E-state index in [-0.39, 0.29) is 11.9 Å². The number of hydrogen-bond acceptors (Lipinski definition) is 4. The van der Waals surface area contributed by atoms with E-state index in [2.05, 4.69) is 19.2 Å². The van der Waals surface area contributed by atoms with Crippen LogP contribution in [-0.2, 0) is 17.9 Å². The number of amides is 1. The summed E-state index contributed by atoms with van der Waals surface area (Å²) in [5.41, 5.74) is 1.15. The molecule has 0 aliphatic carbocycles. The Morgan fingerprint density at radius 2 is 2.24 bits per heavy atom. The standard InChI is InChI=1S/C16H21NO3S/c1-4-12(2)17(9-13-7-8-21-11-13)16(18)15-6-5-14(20-15)10-19-3/h5-8,11-12H,4,9-10H2,1-3H3/t12-/m0/s1. The van der Waals surface area contributed by atoms with Gasteiger partial charge >= 0.3 is 0 Å². The smallest absolute Gasteiger partial charge is 0.290 e. The van der Waals surface area contributed by atoms with Gasteiger partial charge in [0.1, 0.15) is 12.4 Å². The van der Waals surface area contributed by atoms with Gasteiger partial charge in [-0.15, -0.1) is 0 Å². The van der Waals surface area contributed by atoms with Gasteiger partial charge in [0.05, 0.1) is 0 Å². The van der Waals surface area contributed by atoms with Crippen LogP contribution in [0.3, 0.4) is 0 Å². The van der Waals surface area contributed by atoms with Gasteiger partial charge in [-0.25, -0.2) is 0 Å². The number of methoxy groups -OCH3 is 1. The third-order valence-corrected chi connectivity index (χ3v) is 4.21. The third kappa shape index (κ3) is 3.95. The average molecular weight is 307 g/mol. The van der Waals surface area contributed by atoms with Gasteiger partial charge in [0.2, 0.25) is 0 Å². The number of ether oxygens (including phenoxy) is 1. The lowest BCUT2D eigenvalue weighted by molar-refractivity contribution is 0.0632. The predicted octanol–water partition coefficient (Wildman–Crippen LogP) is 3.93. The van der Waals surface area contributed by atoms with Crippen LogP contribution in [0.2, 0.25) is 0 Å². The molecule has 2 rings (SSSR count). The molecule has 21 heavy (non-hydrogen) atoms. The first-order valence-electron chi connectivity index (χ1n) is 7.05. The Morgan fingerprint density at radius 3 is 2.86 bits per heavy atom. The van der Waals surface area contributed by atoms with Gasteiger partial charge in [0.15, 0.2) is 5.76 Å². The molecule has 0 saturated carbocycles. The van der Waals surface area contributed by atoms with E-state index in [0.717, 1.165) is 12.0 Å². The number of furan rings is 1. The Morgan fingerprint density at radius 1 is 1.43 bits per heavy atom. The molecule has 0 unspecified atom stereocenters. The van der Waals surface area contributed by atoms with E-state index in [1.54, 1.807) is 30.6 Å². The summed E-state index contributed by atoms with van der Waals surface area (Å²) >= 11 is 1.64. The highest BCUT2D eigenvalue weighted by Gasteiger charge is 2.23. The maximum Gasteiger partial charge on any atom is 0.290 e. The van der Waals surface area contributed by atoms with Crippen LogP contribution in [0.1, 0.15) is 42.1 Å². The quantitative estimate of drug-likeness (QED) is 0.778. The number of hydrogen-bond donors (Lipinski definition) is 0. The lowest BCUT2D eigenvalue weighted by Gasteiger charge is -2.27. The van der Waals surface area contributed by atoms with Crippen LogP contribution in [0.25, 0.3) is 0 Å². The summed E-state index contributed by atoms with van der Waals surface area (Å²) in [6.07, 6.45) is 0.904. The Labute approximate surface area is 129 Å². The minimum Gasteiger partial charge on any atom is -0.453 e. The summed E-state index contributed by atoms with van der Waals surface area (Å²) in [7, 11) is 1.60. The molecule has 0 saturated heterocycles. The highest BCUT2D eigenvalue weighted by molar-refractivity contribution is 7.07. The summed E-state index contributed by atoms with van der Waals surface area (Å²) in [6, 6.07) is 5.72. The van der Waals surface area contributed by atoms with Crippen LogP contribution in [0.4, 0.5) is 0 Å². The van der Waals surface area contributed by atoms with Crippen molar-refractivity contribution in [3.63, 3.8) is 0 Å². The van der Waals surface area contributed by atoms with E-state index in [1.165, 1.54) is 0 Å². The Bertz CT molecular complexity index is 562. The van der Waals surface area contributed by atoms with Crippen molar-refractivity contribution < 1.29 is 13.9 Å². The lowest BCUT2D eigenvalue weighted by Crippen LogP contribution is -2.37. The topological polar surface area (TPSA) is 42.7 Å². The van der Waals surface area contributed by atoms with Gasteiger partial charge in [-0.05, 0) is 47.9 Å². The van der Waals surface area contributed by atoms with Gasteiger partial charge in [-0.3, -0.25) is 4.79 Å². The maximum absolute atomic E-state index is 12.7. The fourth-order valence-corrected chi connectivity index (χ4v) is 2.74. The molecule has 0 radical (unpaired) electrons. The molecule has 1 atom stereocenters. The summed E-state index contributed by atoms with van der Waals surface area (Å²) in [6.45, 7) is 5.12. The molecule has 0 N–H and O–H groups in total. The van der Waals surface area contributed by atoms with Crippen molar-refractivity contribution in [1.29, 1.82) is 0 Å². The number of carbonyl (C=O) groups is 1. The zero-order valence-corrected chi connectivity index (χ0v) is 13.5. The average Bonchev–Trinajstić information content (AvgIpc) is 3.15. The number of thiophene rings is 1. The first kappa shape index (κ1) is 15.8. The highest BCUT2D eigenvalue weighted by atomic mass is 32.1. The Balaban J connectivity index is 2.16. The van der Waals surface area contributed by atoms with E-state index < -0.39 is 0 Å². The second-order valence-corrected chi connectivity index (χ2v) is 5.80. The van der Waals surface area contributed by atoms with Crippen molar-refractivity contribution in [2.75, 3.05) is 7.11 Å².